The molecular weight excluding hydrogens is 436 g/mol. The molecule has 0 unspecified atom stereocenters. The molecular formula is C26H44O6Si. The summed E-state index contributed by atoms with van der Waals surface area (Å²) >= 11 is 0. The first kappa shape index (κ1) is 28.0. The molecule has 0 bridgehead atoms. The van der Waals surface area contributed by atoms with Gasteiger partial charge in [-0.2, -0.15) is 0 Å². The number of carbonyl (C=O) groups excluding carboxylic acids is 1. The predicted molar refractivity (Wildman–Crippen MR) is 133 cm³/mol. The van der Waals surface area contributed by atoms with E-state index in [0.717, 1.165) is 11.3 Å². The minimum Gasteiger partial charge on any atom is -0.497 e. The zero-order valence-corrected chi connectivity index (χ0v) is 22.9. The molecule has 0 saturated carbocycles. The number of carbonyl (C=O) groups is 1. The third-order valence-corrected chi connectivity index (χ3v) is 11.7. The Labute approximate surface area is 201 Å². The van der Waals surface area contributed by atoms with Crippen molar-refractivity contribution in [1.29, 1.82) is 0 Å². The minimum atomic E-state index is -1.92. The normalized spacial score (nSPS) is 24.7. The van der Waals surface area contributed by atoms with Gasteiger partial charge in [-0.3, -0.25) is 4.79 Å². The van der Waals surface area contributed by atoms with Gasteiger partial charge in [-0.1, -0.05) is 46.8 Å². The van der Waals surface area contributed by atoms with E-state index >= 15 is 0 Å². The van der Waals surface area contributed by atoms with Gasteiger partial charge < -0.3 is 23.7 Å². The maximum Gasteiger partial charge on any atom is 0.192 e. The van der Waals surface area contributed by atoms with Crippen LogP contribution in [0.25, 0.3) is 0 Å². The molecule has 0 aliphatic carbocycles. The lowest BCUT2D eigenvalue weighted by molar-refractivity contribution is -0.247. The first-order valence-corrected chi connectivity index (χ1v) is 15.0. The van der Waals surface area contributed by atoms with Crippen LogP contribution in [0.2, 0.25) is 18.1 Å². The van der Waals surface area contributed by atoms with Gasteiger partial charge in [0.05, 0.1) is 25.9 Å². The van der Waals surface area contributed by atoms with Crippen molar-refractivity contribution in [1.82, 2.24) is 0 Å². The van der Waals surface area contributed by atoms with Crippen molar-refractivity contribution >= 4 is 14.1 Å². The fraction of sp³-hybridized carbons (Fsp3) is 0.731. The minimum absolute atomic E-state index is 0.00857. The number of ketones is 1. The molecule has 0 amide bonds. The highest BCUT2D eigenvalue weighted by Gasteiger charge is 2.39. The van der Waals surface area contributed by atoms with Gasteiger partial charge in [0.15, 0.2) is 14.6 Å². The lowest BCUT2D eigenvalue weighted by atomic mass is 9.87. The zero-order valence-electron chi connectivity index (χ0n) is 21.9. The van der Waals surface area contributed by atoms with Crippen molar-refractivity contribution < 1.29 is 28.5 Å². The lowest BCUT2D eigenvalue weighted by Crippen LogP contribution is -2.44. The molecule has 2 rings (SSSR count). The second kappa shape index (κ2) is 11.4. The molecule has 1 aliphatic rings. The van der Waals surface area contributed by atoms with Crippen molar-refractivity contribution in [3.8, 4) is 5.75 Å². The molecule has 0 aromatic heterocycles. The largest absolute Gasteiger partial charge is 0.497 e. The Morgan fingerprint density at radius 2 is 1.82 bits per heavy atom. The smallest absolute Gasteiger partial charge is 0.192 e. The summed E-state index contributed by atoms with van der Waals surface area (Å²) in [6, 6.07) is 7.56. The first-order chi connectivity index (χ1) is 15.2. The zero-order chi connectivity index (χ0) is 25.0. The number of hydrogen-bond acceptors (Lipinski definition) is 6. The van der Waals surface area contributed by atoms with Crippen LogP contribution in [-0.2, 0) is 18.7 Å². The first-order valence-electron chi connectivity index (χ1n) is 12.0. The van der Waals surface area contributed by atoms with Crippen LogP contribution >= 0.6 is 0 Å². The summed E-state index contributed by atoms with van der Waals surface area (Å²) in [6.45, 7) is 17.4. The Bertz CT molecular complexity index is 757. The van der Waals surface area contributed by atoms with Crippen LogP contribution in [0.15, 0.2) is 24.3 Å². The molecule has 1 saturated heterocycles. The molecule has 188 valence electrons. The summed E-state index contributed by atoms with van der Waals surface area (Å²) < 4.78 is 23.7. The van der Waals surface area contributed by atoms with Crippen molar-refractivity contribution in [2.45, 2.75) is 97.1 Å². The van der Waals surface area contributed by atoms with E-state index in [0.29, 0.717) is 13.0 Å². The van der Waals surface area contributed by atoms with Crippen LogP contribution in [-0.4, -0.2) is 51.2 Å². The maximum absolute atomic E-state index is 13.0. The molecule has 1 fully saturated rings. The Hall–Kier alpha value is -1.25. The quantitative estimate of drug-likeness (QED) is 0.446. The van der Waals surface area contributed by atoms with Gasteiger partial charge in [0.2, 0.25) is 0 Å². The Kier molecular flexibility index (Phi) is 9.71. The Morgan fingerprint density at radius 3 is 2.36 bits per heavy atom. The van der Waals surface area contributed by atoms with Crippen molar-refractivity contribution in [3.63, 3.8) is 0 Å². The maximum atomic E-state index is 13.0. The van der Waals surface area contributed by atoms with Gasteiger partial charge in [0, 0.05) is 29.9 Å². The molecule has 33 heavy (non-hydrogen) atoms. The second-order valence-electron chi connectivity index (χ2n) is 11.1. The highest BCUT2D eigenvalue weighted by molar-refractivity contribution is 6.74. The van der Waals surface area contributed by atoms with Crippen LogP contribution < -0.4 is 4.74 Å². The SMILES string of the molecule is COc1ccc([C@H]2OC[C@H](C)[C@@H]([C@@H](C)C(=O)C[C@@H](O)C[C@H](C)O[Si](C)(C)C(C)(C)C)O2)cc1. The molecule has 7 heteroatoms. The summed E-state index contributed by atoms with van der Waals surface area (Å²) in [5.41, 5.74) is 0.893. The monoisotopic (exact) mass is 480 g/mol. The van der Waals surface area contributed by atoms with Gasteiger partial charge in [-0.15, -0.1) is 0 Å². The van der Waals surface area contributed by atoms with Crippen LogP contribution in [0.3, 0.4) is 0 Å². The van der Waals surface area contributed by atoms with E-state index in [9.17, 15) is 9.90 Å². The summed E-state index contributed by atoms with van der Waals surface area (Å²) in [6.07, 6.45) is -1.06. The number of hydrogen-bond donors (Lipinski definition) is 1. The number of methoxy groups -OCH3 is 1. The number of aliphatic hydroxyl groups is 1. The number of aliphatic hydroxyl groups excluding tert-OH is 1. The van der Waals surface area contributed by atoms with Crippen molar-refractivity contribution in [2.75, 3.05) is 13.7 Å². The van der Waals surface area contributed by atoms with E-state index in [-0.39, 0.29) is 41.3 Å². The average Bonchev–Trinajstić information content (AvgIpc) is 2.72. The van der Waals surface area contributed by atoms with Crippen LogP contribution in [0.1, 0.15) is 66.2 Å². The van der Waals surface area contributed by atoms with E-state index < -0.39 is 20.7 Å². The van der Waals surface area contributed by atoms with E-state index in [2.05, 4.69) is 33.9 Å². The van der Waals surface area contributed by atoms with Crippen LogP contribution in [0.4, 0.5) is 0 Å². The van der Waals surface area contributed by atoms with Gasteiger partial charge in [-0.25, -0.2) is 0 Å². The highest BCUT2D eigenvalue weighted by Crippen LogP contribution is 2.38. The van der Waals surface area contributed by atoms with Gasteiger partial charge >= 0.3 is 0 Å². The summed E-state index contributed by atoms with van der Waals surface area (Å²) in [5.74, 6) is 0.519. The van der Waals surface area contributed by atoms with Crippen molar-refractivity contribution in [3.05, 3.63) is 29.8 Å². The standard InChI is InChI=1S/C26H44O6Si/c1-17-16-30-25(20-10-12-22(29-7)13-11-20)31-24(17)19(3)23(28)15-21(27)14-18(2)32-33(8,9)26(4,5)6/h10-13,17-19,21,24-25,27H,14-16H2,1-9H3/t17-,18-,19-,21-,24-,25-/m0/s1. The summed E-state index contributed by atoms with van der Waals surface area (Å²) in [7, 11) is -0.289. The Morgan fingerprint density at radius 1 is 1.21 bits per heavy atom. The third kappa shape index (κ3) is 7.62. The van der Waals surface area contributed by atoms with E-state index in [1.54, 1.807) is 7.11 Å². The fourth-order valence-electron chi connectivity index (χ4n) is 3.99. The van der Waals surface area contributed by atoms with E-state index in [4.69, 9.17) is 18.6 Å². The molecule has 1 aromatic carbocycles. The van der Waals surface area contributed by atoms with E-state index in [1.165, 1.54) is 0 Å². The third-order valence-electron chi connectivity index (χ3n) is 7.08. The molecule has 1 N–H and O–H groups in total. The second-order valence-corrected chi connectivity index (χ2v) is 15.8. The number of benzene rings is 1. The average molecular weight is 481 g/mol. The lowest BCUT2D eigenvalue weighted by Gasteiger charge is -2.39. The van der Waals surface area contributed by atoms with Crippen LogP contribution in [0, 0.1) is 11.8 Å². The van der Waals surface area contributed by atoms with Gasteiger partial charge in [-0.05, 0) is 43.6 Å². The van der Waals surface area contributed by atoms with Gasteiger partial charge in [0.1, 0.15) is 11.5 Å². The predicted octanol–water partition coefficient (Wildman–Crippen LogP) is 5.50. The van der Waals surface area contributed by atoms with Gasteiger partial charge in [0.25, 0.3) is 0 Å². The summed E-state index contributed by atoms with van der Waals surface area (Å²) in [4.78, 5) is 13.0. The van der Waals surface area contributed by atoms with E-state index in [1.807, 2.05) is 45.0 Å². The number of ether oxygens (including phenoxy) is 3. The topological polar surface area (TPSA) is 74.2 Å². The fourth-order valence-corrected chi connectivity index (χ4v) is 5.45. The molecule has 6 nitrogen and oxygen atoms in total. The van der Waals surface area contributed by atoms with Crippen LogP contribution in [0.5, 0.6) is 5.75 Å². The highest BCUT2D eigenvalue weighted by atomic mass is 28.4. The number of Topliss-reactive ketones (excluding diaryl/α,β-unsaturated/α-hetero) is 1. The van der Waals surface area contributed by atoms with Crippen molar-refractivity contribution in [2.24, 2.45) is 11.8 Å². The molecule has 1 aromatic rings. The molecule has 1 aliphatic heterocycles. The molecule has 6 atom stereocenters. The number of rotatable bonds is 10. The molecule has 0 radical (unpaired) electrons. The summed E-state index contributed by atoms with van der Waals surface area (Å²) in [5, 5.41) is 10.7. The molecule has 0 spiro atoms. The Balaban J connectivity index is 1.93. The molecule has 1 heterocycles.